The molecule has 0 aliphatic carbocycles. The van der Waals surface area contributed by atoms with Crippen LogP contribution in [0.5, 0.6) is 0 Å². The Bertz CT molecular complexity index is 915. The van der Waals surface area contributed by atoms with Gasteiger partial charge in [-0.15, -0.1) is 0 Å². The molecule has 1 atom stereocenters. The summed E-state index contributed by atoms with van der Waals surface area (Å²) in [6.07, 6.45) is 46.1. The van der Waals surface area contributed by atoms with Gasteiger partial charge in [0.2, 0.25) is 0 Å². The Hall–Kier alpha value is -1.47. The predicted molar refractivity (Wildman–Crippen MR) is 221 cm³/mol. The maximum atomic E-state index is 12.4. The van der Waals surface area contributed by atoms with Crippen LogP contribution >= 0.6 is 7.82 Å². The molecule has 0 amide bonds. The summed E-state index contributed by atoms with van der Waals surface area (Å²) < 4.78 is 26.4. The van der Waals surface area contributed by atoms with E-state index in [9.17, 15) is 14.2 Å². The van der Waals surface area contributed by atoms with Gasteiger partial charge in [-0.3, -0.25) is 14.1 Å². The smallest absolute Gasteiger partial charge is 0.462 e. The Labute approximate surface area is 326 Å². The van der Waals surface area contributed by atoms with E-state index < -0.39 is 32.5 Å². The molecule has 0 heterocycles. The molecule has 0 spiro atoms. The molecule has 0 aromatic heterocycles. The van der Waals surface area contributed by atoms with E-state index in [2.05, 4.69) is 42.7 Å². The van der Waals surface area contributed by atoms with Gasteiger partial charge in [-0.25, -0.2) is 4.57 Å². The van der Waals surface area contributed by atoms with Crippen molar-refractivity contribution in [3.63, 3.8) is 0 Å². The molecule has 0 aliphatic rings. The molecule has 0 rings (SSSR count). The SMILES string of the molecule is CCCCCCC/C=C/CCCCCCCC(=O)OC[C@H](COP(=O)(O)O)OC(=O)CCCCCCCCCCCCC/C=C/CCCCCCCC. The lowest BCUT2D eigenvalue weighted by molar-refractivity contribution is -0.161. The number of rotatable bonds is 41. The molecule has 0 bridgehead atoms. The first-order valence-electron chi connectivity index (χ1n) is 22.1. The number of hydrogen-bond acceptors (Lipinski definition) is 6. The van der Waals surface area contributed by atoms with Gasteiger partial charge in [0.05, 0.1) is 6.61 Å². The summed E-state index contributed by atoms with van der Waals surface area (Å²) in [6.45, 7) is 3.68. The molecule has 2 N–H and O–H groups in total. The molecule has 0 radical (unpaired) electrons. The molecule has 53 heavy (non-hydrogen) atoms. The van der Waals surface area contributed by atoms with Gasteiger partial charge in [0.25, 0.3) is 0 Å². The van der Waals surface area contributed by atoms with Crippen molar-refractivity contribution in [3.8, 4) is 0 Å². The first-order chi connectivity index (χ1) is 25.8. The Kier molecular flexibility index (Phi) is 39.1. The fourth-order valence-electron chi connectivity index (χ4n) is 6.36. The summed E-state index contributed by atoms with van der Waals surface area (Å²) in [5, 5.41) is 0. The molecule has 0 aromatic rings. The summed E-state index contributed by atoms with van der Waals surface area (Å²) in [5.74, 6) is -0.888. The zero-order valence-electron chi connectivity index (χ0n) is 34.4. The van der Waals surface area contributed by atoms with Crippen molar-refractivity contribution in [2.75, 3.05) is 13.2 Å². The standard InChI is InChI=1S/C44H83O8P/c1-3-5-7-9-11-13-15-17-19-20-21-22-23-24-25-27-29-31-33-35-37-39-44(46)52-42(41-51-53(47,48)49)40-50-43(45)38-36-34-32-30-28-26-18-16-14-12-10-8-6-4-2/h16-19,42H,3-15,20-41H2,1-2H3,(H2,47,48,49)/b18-16+,19-17+/t42-/m1/s1. The second-order valence-corrected chi connectivity index (χ2v) is 16.3. The van der Waals surface area contributed by atoms with Crippen LogP contribution in [-0.2, 0) is 28.2 Å². The van der Waals surface area contributed by atoms with Crippen LogP contribution in [0, 0.1) is 0 Å². The molecule has 0 aliphatic heterocycles. The predicted octanol–water partition coefficient (Wildman–Crippen LogP) is 13.6. The number of carbonyl (C=O) groups is 2. The van der Waals surface area contributed by atoms with Crippen LogP contribution < -0.4 is 0 Å². The van der Waals surface area contributed by atoms with Gasteiger partial charge < -0.3 is 19.3 Å². The van der Waals surface area contributed by atoms with Crippen LogP contribution in [0.15, 0.2) is 24.3 Å². The third-order valence-corrected chi connectivity index (χ3v) is 10.2. The highest BCUT2D eigenvalue weighted by Gasteiger charge is 2.22. The lowest BCUT2D eigenvalue weighted by Crippen LogP contribution is -2.29. The quantitative estimate of drug-likeness (QED) is 0.0273. The van der Waals surface area contributed by atoms with Crippen LogP contribution in [0.25, 0.3) is 0 Å². The van der Waals surface area contributed by atoms with E-state index in [1.54, 1.807) is 0 Å². The lowest BCUT2D eigenvalue weighted by atomic mass is 10.0. The summed E-state index contributed by atoms with van der Waals surface area (Å²) in [4.78, 5) is 42.9. The maximum Gasteiger partial charge on any atom is 0.469 e. The van der Waals surface area contributed by atoms with Crippen molar-refractivity contribution in [2.24, 2.45) is 0 Å². The summed E-state index contributed by atoms with van der Waals surface area (Å²) in [7, 11) is -4.75. The third-order valence-electron chi connectivity index (χ3n) is 9.69. The molecule has 0 saturated heterocycles. The van der Waals surface area contributed by atoms with Gasteiger partial charge in [-0.1, -0.05) is 173 Å². The van der Waals surface area contributed by atoms with Crippen LogP contribution in [-0.4, -0.2) is 41.0 Å². The second kappa shape index (κ2) is 40.2. The zero-order valence-corrected chi connectivity index (χ0v) is 35.3. The third kappa shape index (κ3) is 43.1. The highest BCUT2D eigenvalue weighted by molar-refractivity contribution is 7.46. The van der Waals surface area contributed by atoms with Crippen molar-refractivity contribution in [1.82, 2.24) is 0 Å². The fourth-order valence-corrected chi connectivity index (χ4v) is 6.72. The molecule has 0 saturated carbocycles. The number of unbranched alkanes of at least 4 members (excludes halogenated alkanes) is 27. The van der Waals surface area contributed by atoms with E-state index in [4.69, 9.17) is 19.3 Å². The van der Waals surface area contributed by atoms with Gasteiger partial charge in [0, 0.05) is 12.8 Å². The molecule has 9 heteroatoms. The molecule has 8 nitrogen and oxygen atoms in total. The Morgan fingerprint density at radius 3 is 1.15 bits per heavy atom. The van der Waals surface area contributed by atoms with Crippen molar-refractivity contribution in [2.45, 2.75) is 232 Å². The van der Waals surface area contributed by atoms with Gasteiger partial charge in [0.15, 0.2) is 6.10 Å². The first kappa shape index (κ1) is 51.5. The van der Waals surface area contributed by atoms with Gasteiger partial charge in [-0.2, -0.15) is 0 Å². The van der Waals surface area contributed by atoms with E-state index in [1.165, 1.54) is 135 Å². The first-order valence-corrected chi connectivity index (χ1v) is 23.7. The molecular formula is C44H83O8P. The normalized spacial score (nSPS) is 12.6. The van der Waals surface area contributed by atoms with Crippen molar-refractivity contribution < 1.29 is 37.9 Å². The highest BCUT2D eigenvalue weighted by atomic mass is 31.2. The van der Waals surface area contributed by atoms with Crippen LogP contribution in [0.3, 0.4) is 0 Å². The number of esters is 2. The Morgan fingerprint density at radius 1 is 0.472 bits per heavy atom. The minimum Gasteiger partial charge on any atom is -0.462 e. The van der Waals surface area contributed by atoms with Crippen molar-refractivity contribution in [3.05, 3.63) is 24.3 Å². The average molecular weight is 771 g/mol. The summed E-state index contributed by atoms with van der Waals surface area (Å²) in [6, 6.07) is 0. The molecular weight excluding hydrogens is 687 g/mol. The Balaban J connectivity index is 3.86. The highest BCUT2D eigenvalue weighted by Crippen LogP contribution is 2.36. The van der Waals surface area contributed by atoms with Crippen LogP contribution in [0.2, 0.25) is 0 Å². The van der Waals surface area contributed by atoms with Gasteiger partial charge in [0.1, 0.15) is 6.61 Å². The minimum atomic E-state index is -4.75. The summed E-state index contributed by atoms with van der Waals surface area (Å²) in [5.41, 5.74) is 0. The van der Waals surface area contributed by atoms with E-state index >= 15 is 0 Å². The number of phosphoric acid groups is 1. The molecule has 0 fully saturated rings. The van der Waals surface area contributed by atoms with E-state index in [0.29, 0.717) is 12.8 Å². The zero-order chi connectivity index (χ0) is 38.9. The lowest BCUT2D eigenvalue weighted by Gasteiger charge is -2.18. The minimum absolute atomic E-state index is 0.212. The Morgan fingerprint density at radius 2 is 0.792 bits per heavy atom. The average Bonchev–Trinajstić information content (AvgIpc) is 3.13. The van der Waals surface area contributed by atoms with E-state index in [1.807, 2.05) is 0 Å². The largest absolute Gasteiger partial charge is 0.469 e. The van der Waals surface area contributed by atoms with E-state index in [0.717, 1.165) is 51.4 Å². The van der Waals surface area contributed by atoms with Crippen molar-refractivity contribution >= 4 is 19.8 Å². The van der Waals surface area contributed by atoms with Crippen molar-refractivity contribution in [1.29, 1.82) is 0 Å². The van der Waals surface area contributed by atoms with Crippen LogP contribution in [0.4, 0.5) is 0 Å². The molecule has 0 aromatic carbocycles. The number of phosphoric ester groups is 1. The number of hydrogen-bond donors (Lipinski definition) is 2. The maximum absolute atomic E-state index is 12.4. The van der Waals surface area contributed by atoms with Gasteiger partial charge in [-0.05, 0) is 64.2 Å². The molecule has 312 valence electrons. The second-order valence-electron chi connectivity index (χ2n) is 15.0. The number of carbonyl (C=O) groups excluding carboxylic acids is 2. The van der Waals surface area contributed by atoms with Gasteiger partial charge >= 0.3 is 19.8 Å². The van der Waals surface area contributed by atoms with E-state index in [-0.39, 0.29) is 19.4 Å². The number of allylic oxidation sites excluding steroid dienone is 4. The summed E-state index contributed by atoms with van der Waals surface area (Å²) >= 11 is 0. The monoisotopic (exact) mass is 771 g/mol. The number of ether oxygens (including phenoxy) is 2. The topological polar surface area (TPSA) is 119 Å². The van der Waals surface area contributed by atoms with Crippen LogP contribution in [0.1, 0.15) is 226 Å². The molecule has 0 unspecified atom stereocenters. The fraction of sp³-hybridized carbons (Fsp3) is 0.864.